The average Bonchev–Trinajstić information content (AvgIpc) is 2.95. The molecule has 1 aromatic rings. The minimum atomic E-state index is -0.209. The third-order valence-electron chi connectivity index (χ3n) is 4.61. The summed E-state index contributed by atoms with van der Waals surface area (Å²) in [6.45, 7) is 5.72. The van der Waals surface area contributed by atoms with E-state index in [1.54, 1.807) is 6.07 Å². The molecule has 1 saturated carbocycles. The summed E-state index contributed by atoms with van der Waals surface area (Å²) in [6, 6.07) is 4.95. The topological polar surface area (TPSA) is 26.3 Å². The number of ether oxygens (including phenoxy) is 1. The van der Waals surface area contributed by atoms with Crippen LogP contribution in [-0.4, -0.2) is 12.1 Å². The van der Waals surface area contributed by atoms with Gasteiger partial charge in [0.1, 0.15) is 11.9 Å². The SMILES string of the molecule is CCC(=O)OC(C)[C@H](c1ccc(F)cc1C)C1CCCC1. The van der Waals surface area contributed by atoms with E-state index in [2.05, 4.69) is 0 Å². The summed E-state index contributed by atoms with van der Waals surface area (Å²) in [7, 11) is 0. The molecule has 1 aliphatic carbocycles. The molecule has 0 bridgehead atoms. The average molecular weight is 292 g/mol. The molecule has 0 aliphatic heterocycles. The maximum atomic E-state index is 13.4. The zero-order valence-electron chi connectivity index (χ0n) is 13.2. The van der Waals surface area contributed by atoms with Crippen molar-refractivity contribution in [3.63, 3.8) is 0 Å². The highest BCUT2D eigenvalue weighted by Crippen LogP contribution is 2.41. The van der Waals surface area contributed by atoms with E-state index in [-0.39, 0.29) is 23.8 Å². The van der Waals surface area contributed by atoms with Crippen molar-refractivity contribution >= 4 is 5.97 Å². The molecule has 1 unspecified atom stereocenters. The molecular formula is C18H25FO2. The van der Waals surface area contributed by atoms with Crippen LogP contribution in [0.4, 0.5) is 4.39 Å². The summed E-state index contributed by atoms with van der Waals surface area (Å²) in [5.41, 5.74) is 2.08. The lowest BCUT2D eigenvalue weighted by atomic mass is 9.79. The molecule has 1 aliphatic rings. The molecule has 0 spiro atoms. The van der Waals surface area contributed by atoms with Crippen molar-refractivity contribution in [2.45, 2.75) is 64.9 Å². The third kappa shape index (κ3) is 3.84. The third-order valence-corrected chi connectivity index (χ3v) is 4.61. The van der Waals surface area contributed by atoms with Crippen LogP contribution in [0.5, 0.6) is 0 Å². The Morgan fingerprint density at radius 1 is 1.38 bits per heavy atom. The smallest absolute Gasteiger partial charge is 0.305 e. The number of hydrogen-bond acceptors (Lipinski definition) is 2. The Labute approximate surface area is 126 Å². The minimum Gasteiger partial charge on any atom is -0.462 e. The van der Waals surface area contributed by atoms with Crippen LogP contribution >= 0.6 is 0 Å². The van der Waals surface area contributed by atoms with E-state index in [9.17, 15) is 9.18 Å². The lowest BCUT2D eigenvalue weighted by molar-refractivity contribution is -0.149. The van der Waals surface area contributed by atoms with Crippen LogP contribution in [0.15, 0.2) is 18.2 Å². The summed E-state index contributed by atoms with van der Waals surface area (Å²) < 4.78 is 18.9. The van der Waals surface area contributed by atoms with Gasteiger partial charge in [0.2, 0.25) is 0 Å². The van der Waals surface area contributed by atoms with Crippen LogP contribution in [0.1, 0.15) is 63.0 Å². The van der Waals surface area contributed by atoms with Crippen molar-refractivity contribution in [3.8, 4) is 0 Å². The van der Waals surface area contributed by atoms with Gasteiger partial charge in [0.05, 0.1) is 0 Å². The van der Waals surface area contributed by atoms with E-state index in [0.717, 1.165) is 24.0 Å². The quantitative estimate of drug-likeness (QED) is 0.732. The van der Waals surface area contributed by atoms with Gasteiger partial charge in [0, 0.05) is 12.3 Å². The van der Waals surface area contributed by atoms with Crippen LogP contribution in [0, 0.1) is 18.7 Å². The number of carbonyl (C=O) groups is 1. The van der Waals surface area contributed by atoms with E-state index in [1.165, 1.54) is 18.9 Å². The largest absolute Gasteiger partial charge is 0.462 e. The Morgan fingerprint density at radius 3 is 2.62 bits per heavy atom. The molecule has 0 radical (unpaired) electrons. The lowest BCUT2D eigenvalue weighted by Gasteiger charge is -2.30. The number of hydrogen-bond donors (Lipinski definition) is 0. The summed E-state index contributed by atoms with van der Waals surface area (Å²) in [5.74, 6) is 0.322. The molecule has 0 amide bonds. The van der Waals surface area contributed by atoms with Gasteiger partial charge in [-0.05, 0) is 55.9 Å². The monoisotopic (exact) mass is 292 g/mol. The molecular weight excluding hydrogens is 267 g/mol. The number of benzene rings is 1. The van der Waals surface area contributed by atoms with Crippen molar-refractivity contribution in [1.82, 2.24) is 0 Å². The van der Waals surface area contributed by atoms with E-state index < -0.39 is 0 Å². The van der Waals surface area contributed by atoms with Gasteiger partial charge < -0.3 is 4.74 Å². The fraction of sp³-hybridized carbons (Fsp3) is 0.611. The molecule has 1 fully saturated rings. The van der Waals surface area contributed by atoms with Gasteiger partial charge in [0.25, 0.3) is 0 Å². The molecule has 2 atom stereocenters. The first-order valence-electron chi connectivity index (χ1n) is 7.98. The van der Waals surface area contributed by atoms with Gasteiger partial charge in [-0.2, -0.15) is 0 Å². The van der Waals surface area contributed by atoms with E-state index in [4.69, 9.17) is 4.74 Å². The molecule has 2 rings (SSSR count). The van der Waals surface area contributed by atoms with Crippen LogP contribution in [0.3, 0.4) is 0 Å². The lowest BCUT2D eigenvalue weighted by Crippen LogP contribution is -2.28. The Kier molecular flexibility index (Phi) is 5.38. The van der Waals surface area contributed by atoms with Crippen molar-refractivity contribution in [3.05, 3.63) is 35.1 Å². The molecule has 0 saturated heterocycles. The number of rotatable bonds is 5. The second kappa shape index (κ2) is 7.06. The predicted octanol–water partition coefficient (Wildman–Crippen LogP) is 4.75. The number of aryl methyl sites for hydroxylation is 1. The summed E-state index contributed by atoms with van der Waals surface area (Å²) >= 11 is 0. The number of esters is 1. The van der Waals surface area contributed by atoms with Gasteiger partial charge in [-0.1, -0.05) is 25.8 Å². The first-order chi connectivity index (χ1) is 10.0. The van der Waals surface area contributed by atoms with Crippen molar-refractivity contribution < 1.29 is 13.9 Å². The normalized spacial score (nSPS) is 18.5. The first-order valence-corrected chi connectivity index (χ1v) is 7.98. The van der Waals surface area contributed by atoms with Crippen LogP contribution in [0.25, 0.3) is 0 Å². The second-order valence-electron chi connectivity index (χ2n) is 6.12. The Hall–Kier alpha value is -1.38. The fourth-order valence-electron chi connectivity index (χ4n) is 3.58. The molecule has 3 heteroatoms. The second-order valence-corrected chi connectivity index (χ2v) is 6.12. The Balaban J connectivity index is 2.28. The highest BCUT2D eigenvalue weighted by Gasteiger charge is 2.33. The van der Waals surface area contributed by atoms with E-state index >= 15 is 0 Å². The Morgan fingerprint density at radius 2 is 2.05 bits per heavy atom. The summed E-state index contributed by atoms with van der Waals surface area (Å²) in [5, 5.41) is 0. The number of halogens is 1. The zero-order valence-corrected chi connectivity index (χ0v) is 13.2. The maximum absolute atomic E-state index is 13.4. The molecule has 116 valence electrons. The van der Waals surface area contributed by atoms with Crippen LogP contribution < -0.4 is 0 Å². The van der Waals surface area contributed by atoms with Crippen LogP contribution in [-0.2, 0) is 9.53 Å². The zero-order chi connectivity index (χ0) is 15.4. The number of carbonyl (C=O) groups excluding carboxylic acids is 1. The summed E-state index contributed by atoms with van der Waals surface area (Å²) in [4.78, 5) is 11.6. The van der Waals surface area contributed by atoms with Gasteiger partial charge >= 0.3 is 5.97 Å². The molecule has 1 aromatic carbocycles. The molecule has 2 nitrogen and oxygen atoms in total. The minimum absolute atomic E-state index is 0.162. The highest BCUT2D eigenvalue weighted by molar-refractivity contribution is 5.69. The summed E-state index contributed by atoms with van der Waals surface area (Å²) in [6.07, 6.45) is 5.02. The van der Waals surface area contributed by atoms with Gasteiger partial charge in [0.15, 0.2) is 0 Å². The van der Waals surface area contributed by atoms with Gasteiger partial charge in [-0.25, -0.2) is 4.39 Å². The highest BCUT2D eigenvalue weighted by atomic mass is 19.1. The standard InChI is InChI=1S/C18H25FO2/c1-4-17(20)21-13(3)18(14-7-5-6-8-14)16-10-9-15(19)11-12(16)2/h9-11,13-14,18H,4-8H2,1-3H3/t13?,18-/m0/s1. The molecule has 0 aromatic heterocycles. The van der Waals surface area contributed by atoms with Crippen molar-refractivity contribution in [2.75, 3.05) is 0 Å². The first kappa shape index (κ1) is 16.0. The van der Waals surface area contributed by atoms with Crippen molar-refractivity contribution in [2.24, 2.45) is 5.92 Å². The van der Waals surface area contributed by atoms with Gasteiger partial charge in [-0.3, -0.25) is 4.79 Å². The molecule has 0 N–H and O–H groups in total. The molecule has 0 heterocycles. The van der Waals surface area contributed by atoms with Gasteiger partial charge in [-0.15, -0.1) is 0 Å². The molecule has 21 heavy (non-hydrogen) atoms. The van der Waals surface area contributed by atoms with E-state index in [0.29, 0.717) is 12.3 Å². The van der Waals surface area contributed by atoms with Crippen LogP contribution in [0.2, 0.25) is 0 Å². The maximum Gasteiger partial charge on any atom is 0.305 e. The van der Waals surface area contributed by atoms with E-state index in [1.807, 2.05) is 26.8 Å². The fourth-order valence-corrected chi connectivity index (χ4v) is 3.58. The Bertz CT molecular complexity index is 492. The van der Waals surface area contributed by atoms with Crippen molar-refractivity contribution in [1.29, 1.82) is 0 Å². The predicted molar refractivity (Wildman–Crippen MR) is 81.7 cm³/mol.